The molecule has 0 aromatic heterocycles. The SMILES string of the molecule is CCN1C(=O)/C(=C\c2cccc(OC)c2O)C(C(=O)OC)=C1C. The minimum atomic E-state index is -0.583. The van der Waals surface area contributed by atoms with Crippen LogP contribution in [0.25, 0.3) is 6.08 Å². The lowest BCUT2D eigenvalue weighted by Gasteiger charge is -2.14. The molecule has 1 heterocycles. The van der Waals surface area contributed by atoms with Crippen LogP contribution in [0.1, 0.15) is 19.4 Å². The van der Waals surface area contributed by atoms with Crippen molar-refractivity contribution in [2.75, 3.05) is 20.8 Å². The lowest BCUT2D eigenvalue weighted by molar-refractivity contribution is -0.136. The van der Waals surface area contributed by atoms with Gasteiger partial charge in [-0.25, -0.2) is 4.79 Å². The van der Waals surface area contributed by atoms with Crippen molar-refractivity contribution >= 4 is 18.0 Å². The van der Waals surface area contributed by atoms with E-state index >= 15 is 0 Å². The Bertz CT molecular complexity index is 718. The average Bonchev–Trinajstić information content (AvgIpc) is 2.78. The molecular weight excluding hydrogens is 298 g/mol. The molecule has 122 valence electrons. The number of allylic oxidation sites excluding steroid dienone is 1. The maximum absolute atomic E-state index is 12.5. The topological polar surface area (TPSA) is 76.1 Å². The van der Waals surface area contributed by atoms with Crippen LogP contribution in [0.4, 0.5) is 0 Å². The summed E-state index contributed by atoms with van der Waals surface area (Å²) in [6.07, 6.45) is 1.48. The average molecular weight is 317 g/mol. The molecule has 1 aliphatic heterocycles. The molecule has 1 aromatic carbocycles. The van der Waals surface area contributed by atoms with Gasteiger partial charge in [0.25, 0.3) is 5.91 Å². The van der Waals surface area contributed by atoms with Crippen molar-refractivity contribution in [1.29, 1.82) is 0 Å². The van der Waals surface area contributed by atoms with Crippen molar-refractivity contribution in [1.82, 2.24) is 4.90 Å². The van der Waals surface area contributed by atoms with Crippen LogP contribution in [0.3, 0.4) is 0 Å². The maximum Gasteiger partial charge on any atom is 0.340 e. The third-order valence-corrected chi connectivity index (χ3v) is 3.77. The van der Waals surface area contributed by atoms with Crippen LogP contribution in [0.5, 0.6) is 11.5 Å². The number of ether oxygens (including phenoxy) is 2. The van der Waals surface area contributed by atoms with Gasteiger partial charge in [-0.3, -0.25) is 4.79 Å². The summed E-state index contributed by atoms with van der Waals surface area (Å²) in [5.74, 6) is -0.683. The van der Waals surface area contributed by atoms with Crippen LogP contribution in [0.15, 0.2) is 35.0 Å². The van der Waals surface area contributed by atoms with E-state index in [2.05, 4.69) is 0 Å². The number of hydrogen-bond donors (Lipinski definition) is 1. The van der Waals surface area contributed by atoms with Crippen molar-refractivity contribution in [2.24, 2.45) is 0 Å². The molecule has 6 nitrogen and oxygen atoms in total. The molecule has 1 aromatic rings. The number of carbonyl (C=O) groups is 2. The summed E-state index contributed by atoms with van der Waals surface area (Å²) in [4.78, 5) is 26.1. The summed E-state index contributed by atoms with van der Waals surface area (Å²) < 4.78 is 9.84. The number of rotatable bonds is 4. The molecule has 0 unspecified atom stereocenters. The second-order valence-corrected chi connectivity index (χ2v) is 4.96. The van der Waals surface area contributed by atoms with Crippen molar-refractivity contribution in [3.05, 3.63) is 40.6 Å². The molecule has 0 bridgehead atoms. The molecule has 1 aliphatic rings. The first-order chi connectivity index (χ1) is 11.0. The summed E-state index contributed by atoms with van der Waals surface area (Å²) in [6, 6.07) is 4.93. The molecule has 2 rings (SSSR count). The zero-order valence-electron chi connectivity index (χ0n) is 13.5. The minimum absolute atomic E-state index is 0.0906. The van der Waals surface area contributed by atoms with E-state index in [9.17, 15) is 14.7 Å². The number of amides is 1. The lowest BCUT2D eigenvalue weighted by atomic mass is 10.0. The van der Waals surface area contributed by atoms with Crippen molar-refractivity contribution in [2.45, 2.75) is 13.8 Å². The highest BCUT2D eigenvalue weighted by atomic mass is 16.5. The molecule has 1 amide bonds. The number of methoxy groups -OCH3 is 2. The fourth-order valence-electron chi connectivity index (χ4n) is 2.58. The van der Waals surface area contributed by atoms with Crippen LogP contribution in [-0.4, -0.2) is 42.6 Å². The molecule has 6 heteroatoms. The number of likely N-dealkylation sites (N-methyl/N-ethyl adjacent to an activating group) is 1. The molecule has 23 heavy (non-hydrogen) atoms. The minimum Gasteiger partial charge on any atom is -0.504 e. The van der Waals surface area contributed by atoms with E-state index in [0.717, 1.165) is 0 Å². The molecular formula is C17H19NO5. The highest BCUT2D eigenvalue weighted by molar-refractivity contribution is 6.16. The van der Waals surface area contributed by atoms with Crippen molar-refractivity contribution < 1.29 is 24.2 Å². The molecule has 0 aliphatic carbocycles. The second kappa shape index (κ2) is 6.56. The number of para-hydroxylation sites is 1. The normalized spacial score (nSPS) is 16.3. The Balaban J connectivity index is 2.60. The Kier molecular flexibility index (Phi) is 4.74. The van der Waals surface area contributed by atoms with Gasteiger partial charge in [0, 0.05) is 17.8 Å². The number of hydrogen-bond acceptors (Lipinski definition) is 5. The van der Waals surface area contributed by atoms with Gasteiger partial charge in [-0.1, -0.05) is 12.1 Å². The Morgan fingerprint density at radius 3 is 2.61 bits per heavy atom. The van der Waals surface area contributed by atoms with Gasteiger partial charge in [0.15, 0.2) is 11.5 Å². The van der Waals surface area contributed by atoms with E-state index in [1.165, 1.54) is 25.2 Å². The summed E-state index contributed by atoms with van der Waals surface area (Å²) in [5.41, 5.74) is 1.33. The maximum atomic E-state index is 12.5. The summed E-state index contributed by atoms with van der Waals surface area (Å²) in [6.45, 7) is 3.95. The monoisotopic (exact) mass is 317 g/mol. The van der Waals surface area contributed by atoms with Crippen molar-refractivity contribution in [3.8, 4) is 11.5 Å². The van der Waals surface area contributed by atoms with Gasteiger partial charge in [-0.15, -0.1) is 0 Å². The first-order valence-electron chi connectivity index (χ1n) is 7.15. The molecule has 0 fully saturated rings. The third kappa shape index (κ3) is 2.79. The van der Waals surface area contributed by atoms with Crippen LogP contribution < -0.4 is 4.74 Å². The van der Waals surface area contributed by atoms with E-state index < -0.39 is 5.97 Å². The molecule has 0 saturated carbocycles. The fraction of sp³-hybridized carbons (Fsp3) is 0.294. The van der Waals surface area contributed by atoms with Gasteiger partial charge in [0.05, 0.1) is 25.4 Å². The number of esters is 1. The number of benzene rings is 1. The Hall–Kier alpha value is -2.76. The van der Waals surface area contributed by atoms with Crippen LogP contribution in [-0.2, 0) is 14.3 Å². The lowest BCUT2D eigenvalue weighted by Crippen LogP contribution is -2.24. The molecule has 1 N–H and O–H groups in total. The van der Waals surface area contributed by atoms with E-state index in [0.29, 0.717) is 17.8 Å². The van der Waals surface area contributed by atoms with Crippen molar-refractivity contribution in [3.63, 3.8) is 0 Å². The quantitative estimate of drug-likeness (QED) is 0.680. The van der Waals surface area contributed by atoms with E-state index in [1.807, 2.05) is 6.92 Å². The first-order valence-corrected chi connectivity index (χ1v) is 7.15. The van der Waals surface area contributed by atoms with Gasteiger partial charge < -0.3 is 19.5 Å². The summed E-state index contributed by atoms with van der Waals surface area (Å²) in [5, 5.41) is 10.2. The number of phenolic OH excluding ortho intramolecular Hbond substituents is 1. The zero-order valence-corrected chi connectivity index (χ0v) is 13.5. The molecule has 0 atom stereocenters. The van der Waals surface area contributed by atoms with Gasteiger partial charge >= 0.3 is 5.97 Å². The Morgan fingerprint density at radius 1 is 1.35 bits per heavy atom. The predicted molar refractivity (Wildman–Crippen MR) is 84.7 cm³/mol. The standard InChI is InChI=1S/C17H19NO5/c1-5-18-10(2)14(17(21)23-4)12(16(18)20)9-11-7-6-8-13(22-3)15(11)19/h6-9,19H,5H2,1-4H3/b12-9-. The largest absolute Gasteiger partial charge is 0.504 e. The zero-order chi connectivity index (χ0) is 17.1. The van der Waals surface area contributed by atoms with Gasteiger partial charge in [-0.2, -0.15) is 0 Å². The summed E-state index contributed by atoms with van der Waals surface area (Å²) >= 11 is 0. The smallest absolute Gasteiger partial charge is 0.340 e. The summed E-state index contributed by atoms with van der Waals surface area (Å²) in [7, 11) is 2.71. The highest BCUT2D eigenvalue weighted by Crippen LogP contribution is 2.35. The van der Waals surface area contributed by atoms with Crippen LogP contribution in [0.2, 0.25) is 0 Å². The van der Waals surface area contributed by atoms with E-state index in [1.54, 1.807) is 25.1 Å². The number of phenols is 1. The first kappa shape index (κ1) is 16.6. The third-order valence-electron chi connectivity index (χ3n) is 3.77. The van der Waals surface area contributed by atoms with Crippen LogP contribution in [0, 0.1) is 0 Å². The Morgan fingerprint density at radius 2 is 2.04 bits per heavy atom. The number of aromatic hydroxyl groups is 1. The fourth-order valence-corrected chi connectivity index (χ4v) is 2.58. The van der Waals surface area contributed by atoms with Gasteiger partial charge in [-0.05, 0) is 26.0 Å². The van der Waals surface area contributed by atoms with Gasteiger partial charge in [0.1, 0.15) is 0 Å². The van der Waals surface area contributed by atoms with Gasteiger partial charge in [0.2, 0.25) is 0 Å². The number of carbonyl (C=O) groups excluding carboxylic acids is 2. The van der Waals surface area contributed by atoms with E-state index in [-0.39, 0.29) is 28.6 Å². The molecule has 0 radical (unpaired) electrons. The highest BCUT2D eigenvalue weighted by Gasteiger charge is 2.36. The Labute approximate surface area is 134 Å². The molecule has 0 saturated heterocycles. The van der Waals surface area contributed by atoms with Crippen LogP contribution >= 0.6 is 0 Å². The molecule has 0 spiro atoms. The second-order valence-electron chi connectivity index (χ2n) is 4.96. The number of nitrogens with zero attached hydrogens (tertiary/aromatic N) is 1. The van der Waals surface area contributed by atoms with E-state index in [4.69, 9.17) is 9.47 Å². The predicted octanol–water partition coefficient (Wildman–Crippen LogP) is 2.09.